The van der Waals surface area contributed by atoms with Gasteiger partial charge >= 0.3 is 9.33 Å². The number of aromatic amines is 1. The van der Waals surface area contributed by atoms with Gasteiger partial charge in [-0.05, 0) is 29.9 Å². The van der Waals surface area contributed by atoms with E-state index in [4.69, 9.17) is 4.52 Å². The van der Waals surface area contributed by atoms with Crippen LogP contribution in [0.1, 0.15) is 11.1 Å². The van der Waals surface area contributed by atoms with Crippen molar-refractivity contribution in [2.24, 2.45) is 0 Å². The van der Waals surface area contributed by atoms with Crippen molar-refractivity contribution in [1.82, 2.24) is 5.27 Å². The summed E-state index contributed by atoms with van der Waals surface area (Å²) in [6, 6.07) is 6.01. The molecule has 0 unspecified atom stereocenters. The van der Waals surface area contributed by atoms with Gasteiger partial charge in [-0.15, -0.1) is 0 Å². The van der Waals surface area contributed by atoms with Gasteiger partial charge in [-0.1, -0.05) is 11.6 Å². The third-order valence-electron chi connectivity index (χ3n) is 2.19. The number of nitrogens with zero attached hydrogens (tertiary/aromatic N) is 1. The molecule has 15 heavy (non-hydrogen) atoms. The Labute approximate surface area is 100 Å². The fourth-order valence-corrected chi connectivity index (χ4v) is 1.94. The summed E-state index contributed by atoms with van der Waals surface area (Å²) in [5, 5.41) is 2.57. The van der Waals surface area contributed by atoms with E-state index in [1.165, 1.54) is 5.56 Å². The van der Waals surface area contributed by atoms with E-state index in [0.29, 0.717) is 3.70 Å². The molecule has 2 aromatic rings. The summed E-state index contributed by atoms with van der Waals surface area (Å²) in [6.07, 6.45) is 0. The first kappa shape index (κ1) is 10.4. The van der Waals surface area contributed by atoms with Crippen LogP contribution in [0, 0.1) is 17.5 Å². The van der Waals surface area contributed by atoms with E-state index in [0.717, 1.165) is 11.3 Å². The molecule has 4 nitrogen and oxygen atoms in total. The fraction of sp³-hybridized carbons (Fsp3) is 0.200. The van der Waals surface area contributed by atoms with Crippen LogP contribution in [0.3, 0.4) is 0 Å². The minimum absolute atomic E-state index is 0.351. The molecule has 2 rings (SSSR count). The maximum atomic E-state index is 11.2. The molecule has 1 N–H and O–H groups in total. The second-order valence-electron chi connectivity index (χ2n) is 3.40. The van der Waals surface area contributed by atoms with Crippen molar-refractivity contribution in [2.45, 2.75) is 13.8 Å². The van der Waals surface area contributed by atoms with Gasteiger partial charge in [0.05, 0.1) is 0 Å². The second kappa shape index (κ2) is 3.80. The molecule has 1 aromatic carbocycles. The number of nitrogens with one attached hydrogen (secondary N) is 1. The summed E-state index contributed by atoms with van der Waals surface area (Å²) in [4.78, 5) is 11.2. The molecule has 0 fully saturated rings. The number of hydrogen-bond acceptors (Lipinski definition) is 2. The van der Waals surface area contributed by atoms with Crippen LogP contribution in [-0.4, -0.2) is 5.27 Å². The monoisotopic (exact) mass is 317 g/mol. The van der Waals surface area contributed by atoms with Crippen LogP contribution < -0.4 is 10.3 Å². The van der Waals surface area contributed by atoms with Gasteiger partial charge in [0.15, 0.2) is 0 Å². The highest BCUT2D eigenvalue weighted by Gasteiger charge is 2.21. The van der Waals surface area contributed by atoms with Crippen molar-refractivity contribution >= 4 is 22.6 Å². The zero-order valence-corrected chi connectivity index (χ0v) is 10.5. The molecule has 5 heteroatoms. The summed E-state index contributed by atoms with van der Waals surface area (Å²) < 4.78 is 6.86. The Kier molecular flexibility index (Phi) is 2.64. The van der Waals surface area contributed by atoms with Gasteiger partial charge in [0, 0.05) is 34.2 Å². The number of aryl methyl sites for hydroxylation is 2. The van der Waals surface area contributed by atoms with Gasteiger partial charge in [-0.2, -0.15) is 0 Å². The maximum absolute atomic E-state index is 11.2. The molecule has 78 valence electrons. The lowest BCUT2D eigenvalue weighted by Crippen LogP contribution is -2.38. The van der Waals surface area contributed by atoms with Crippen LogP contribution in [0.5, 0.6) is 0 Å². The molecular weight excluding hydrogens is 307 g/mol. The lowest BCUT2D eigenvalue weighted by atomic mass is 10.1. The van der Waals surface area contributed by atoms with E-state index >= 15 is 0 Å². The van der Waals surface area contributed by atoms with Crippen molar-refractivity contribution in [3.8, 4) is 5.69 Å². The third kappa shape index (κ3) is 1.83. The smallest absolute Gasteiger partial charge is 0.282 e. The van der Waals surface area contributed by atoms with Gasteiger partial charge in [0.1, 0.15) is 0 Å². The van der Waals surface area contributed by atoms with Crippen LogP contribution in [0.15, 0.2) is 27.5 Å². The first-order valence-electron chi connectivity index (χ1n) is 4.46. The predicted octanol–water partition coefficient (Wildman–Crippen LogP) is 1.47. The summed E-state index contributed by atoms with van der Waals surface area (Å²) in [6.45, 7) is 4.03. The molecule has 0 saturated carbocycles. The topological polar surface area (TPSA) is 49.9 Å². The van der Waals surface area contributed by atoms with Crippen LogP contribution >= 0.6 is 22.6 Å². The Morgan fingerprint density at radius 1 is 1.40 bits per heavy atom. The molecule has 0 aliphatic rings. The standard InChI is InChI=1S/C10H9IN2O2/c1-6-3-4-8(7(2)5-6)13-9(11)10(14)15-12-13/h3-5H,1-2H3/p+1. The Morgan fingerprint density at radius 3 is 2.67 bits per heavy atom. The third-order valence-corrected chi connectivity index (χ3v) is 3.11. The first-order valence-corrected chi connectivity index (χ1v) is 5.54. The van der Waals surface area contributed by atoms with E-state index < -0.39 is 0 Å². The summed E-state index contributed by atoms with van der Waals surface area (Å²) in [7, 11) is 0. The molecule has 0 saturated heterocycles. The Hall–Kier alpha value is -1.11. The molecule has 0 amide bonds. The molecule has 0 atom stereocenters. The van der Waals surface area contributed by atoms with Crippen molar-refractivity contribution in [2.75, 3.05) is 0 Å². The molecule has 1 aromatic heterocycles. The Bertz CT molecular complexity index is 557. The highest BCUT2D eigenvalue weighted by molar-refractivity contribution is 14.1. The maximum Gasteiger partial charge on any atom is 0.441 e. The summed E-state index contributed by atoms with van der Waals surface area (Å²) in [5.41, 5.74) is 2.86. The largest absolute Gasteiger partial charge is 0.441 e. The van der Waals surface area contributed by atoms with Gasteiger partial charge < -0.3 is 0 Å². The Balaban J connectivity index is 2.64. The van der Waals surface area contributed by atoms with E-state index in [9.17, 15) is 4.79 Å². The molecule has 0 spiro atoms. The number of benzene rings is 1. The zero-order chi connectivity index (χ0) is 11.0. The average molecular weight is 317 g/mol. The van der Waals surface area contributed by atoms with Crippen LogP contribution in [0.2, 0.25) is 0 Å². The van der Waals surface area contributed by atoms with Crippen LogP contribution in [-0.2, 0) is 0 Å². The minimum atomic E-state index is -0.351. The average Bonchev–Trinajstić information content (AvgIpc) is 2.49. The molecular formula is C10H10IN2O2+. The highest BCUT2D eigenvalue weighted by atomic mass is 127. The van der Waals surface area contributed by atoms with E-state index in [1.807, 2.05) is 48.6 Å². The predicted molar refractivity (Wildman–Crippen MR) is 63.1 cm³/mol. The van der Waals surface area contributed by atoms with Crippen LogP contribution in [0.25, 0.3) is 5.69 Å². The molecule has 0 aliphatic carbocycles. The van der Waals surface area contributed by atoms with Crippen molar-refractivity contribution in [1.29, 1.82) is 0 Å². The fourth-order valence-electron chi connectivity index (χ4n) is 1.47. The summed E-state index contributed by atoms with van der Waals surface area (Å²) >= 11 is 1.95. The molecule has 0 aliphatic heterocycles. The van der Waals surface area contributed by atoms with Gasteiger partial charge in [0.25, 0.3) is 0 Å². The highest BCUT2D eigenvalue weighted by Crippen LogP contribution is 2.10. The first-order chi connectivity index (χ1) is 7.09. The summed E-state index contributed by atoms with van der Waals surface area (Å²) in [5.74, 6) is 0. The number of rotatable bonds is 1. The molecule has 1 heterocycles. The molecule has 0 bridgehead atoms. The van der Waals surface area contributed by atoms with Crippen LogP contribution in [0.4, 0.5) is 0 Å². The lowest BCUT2D eigenvalue weighted by molar-refractivity contribution is -0.682. The van der Waals surface area contributed by atoms with Crippen molar-refractivity contribution in [3.05, 3.63) is 43.4 Å². The Morgan fingerprint density at radius 2 is 2.13 bits per heavy atom. The number of H-pyrrole nitrogens is 1. The second-order valence-corrected chi connectivity index (χ2v) is 4.42. The normalized spacial score (nSPS) is 10.6. The zero-order valence-electron chi connectivity index (χ0n) is 8.37. The van der Waals surface area contributed by atoms with Gasteiger partial charge in [0.2, 0.25) is 5.69 Å². The van der Waals surface area contributed by atoms with Crippen molar-refractivity contribution in [3.63, 3.8) is 0 Å². The SMILES string of the molecule is Cc1ccc(-[n+]2[nH]oc(=O)c2I)c(C)c1. The van der Waals surface area contributed by atoms with E-state index in [2.05, 4.69) is 11.3 Å². The lowest BCUT2D eigenvalue weighted by Gasteiger charge is -1.97. The van der Waals surface area contributed by atoms with E-state index in [-0.39, 0.29) is 5.63 Å². The van der Waals surface area contributed by atoms with Gasteiger partial charge in [-0.3, -0.25) is 4.52 Å². The number of aromatic nitrogens is 2. The number of halogens is 1. The van der Waals surface area contributed by atoms with Gasteiger partial charge in [-0.25, -0.2) is 4.79 Å². The number of hydrogen-bond donors (Lipinski definition) is 1. The molecule has 0 radical (unpaired) electrons. The van der Waals surface area contributed by atoms with E-state index in [1.54, 1.807) is 4.68 Å². The minimum Gasteiger partial charge on any atom is -0.282 e. The van der Waals surface area contributed by atoms with Crippen molar-refractivity contribution < 1.29 is 9.20 Å². The quantitative estimate of drug-likeness (QED) is 0.640.